The number of rotatable bonds is 5. The highest BCUT2D eigenvalue weighted by Crippen LogP contribution is 2.31. The van der Waals surface area contributed by atoms with Gasteiger partial charge in [-0.1, -0.05) is 0 Å². The van der Waals surface area contributed by atoms with Crippen LogP contribution in [-0.4, -0.2) is 29.8 Å². The minimum Gasteiger partial charge on any atom is -0.395 e. The first kappa shape index (κ1) is 13.6. The van der Waals surface area contributed by atoms with Crippen LogP contribution in [0.1, 0.15) is 12.5 Å². The molecule has 1 aromatic heterocycles. The molecule has 1 rings (SSSR count). The Hall–Kier alpha value is -1.50. The van der Waals surface area contributed by atoms with Gasteiger partial charge in [0.05, 0.1) is 12.2 Å². The molecule has 4 nitrogen and oxygen atoms in total. The quantitative estimate of drug-likeness (QED) is 0.746. The van der Waals surface area contributed by atoms with Gasteiger partial charge in [0.15, 0.2) is 0 Å². The van der Waals surface area contributed by atoms with Crippen LogP contribution < -0.4 is 10.6 Å². The van der Waals surface area contributed by atoms with Gasteiger partial charge in [0.25, 0.3) is 0 Å². The standard InChI is InChI=1S/C10H14F3N3O/c1-2-14-8-5-7(10(11,12)13)6-9(16-8)15-3-4-17/h5-6,17H,2-4H2,1H3,(H2,14,15,16). The predicted octanol–water partition coefficient (Wildman–Crippen LogP) is 1.94. The number of aliphatic hydroxyl groups excluding tert-OH is 1. The summed E-state index contributed by atoms with van der Waals surface area (Å²) in [6, 6.07) is 1.87. The molecule has 7 heteroatoms. The maximum atomic E-state index is 12.6. The van der Waals surface area contributed by atoms with Crippen molar-refractivity contribution >= 4 is 11.6 Å². The zero-order valence-corrected chi connectivity index (χ0v) is 9.30. The maximum Gasteiger partial charge on any atom is 0.416 e. The molecule has 17 heavy (non-hydrogen) atoms. The van der Waals surface area contributed by atoms with E-state index in [4.69, 9.17) is 5.11 Å². The molecule has 96 valence electrons. The van der Waals surface area contributed by atoms with Crippen molar-refractivity contribution in [1.29, 1.82) is 0 Å². The summed E-state index contributed by atoms with van der Waals surface area (Å²) < 4.78 is 37.7. The van der Waals surface area contributed by atoms with Gasteiger partial charge in [0, 0.05) is 13.1 Å². The summed E-state index contributed by atoms with van der Waals surface area (Å²) in [5, 5.41) is 13.9. The third-order valence-corrected chi connectivity index (χ3v) is 1.93. The van der Waals surface area contributed by atoms with Gasteiger partial charge in [-0.3, -0.25) is 0 Å². The van der Waals surface area contributed by atoms with Crippen molar-refractivity contribution in [2.75, 3.05) is 30.3 Å². The lowest BCUT2D eigenvalue weighted by Gasteiger charge is -2.12. The van der Waals surface area contributed by atoms with Crippen molar-refractivity contribution in [3.05, 3.63) is 17.7 Å². The van der Waals surface area contributed by atoms with Crippen LogP contribution in [0.3, 0.4) is 0 Å². The summed E-state index contributed by atoms with van der Waals surface area (Å²) in [6.07, 6.45) is -4.41. The highest BCUT2D eigenvalue weighted by molar-refractivity contribution is 5.49. The van der Waals surface area contributed by atoms with Crippen LogP contribution >= 0.6 is 0 Å². The summed E-state index contributed by atoms with van der Waals surface area (Å²) >= 11 is 0. The second-order valence-electron chi connectivity index (χ2n) is 3.30. The molecule has 0 aliphatic rings. The summed E-state index contributed by atoms with van der Waals surface area (Å²) in [5.41, 5.74) is -0.774. The van der Waals surface area contributed by atoms with Gasteiger partial charge in [-0.25, -0.2) is 4.98 Å². The molecule has 0 spiro atoms. The second-order valence-corrected chi connectivity index (χ2v) is 3.30. The molecular weight excluding hydrogens is 235 g/mol. The Balaban J connectivity index is 3.01. The number of anilines is 2. The van der Waals surface area contributed by atoms with E-state index in [0.717, 1.165) is 12.1 Å². The summed E-state index contributed by atoms with van der Waals surface area (Å²) in [6.45, 7) is 2.23. The fourth-order valence-electron chi connectivity index (χ4n) is 1.24. The number of nitrogens with one attached hydrogen (secondary N) is 2. The van der Waals surface area contributed by atoms with Gasteiger partial charge in [-0.2, -0.15) is 13.2 Å². The van der Waals surface area contributed by atoms with E-state index < -0.39 is 11.7 Å². The van der Waals surface area contributed by atoms with Crippen molar-refractivity contribution in [2.45, 2.75) is 13.1 Å². The molecule has 0 aromatic carbocycles. The fourth-order valence-corrected chi connectivity index (χ4v) is 1.24. The highest BCUT2D eigenvalue weighted by Gasteiger charge is 2.31. The molecule has 0 aliphatic carbocycles. The summed E-state index contributed by atoms with van der Waals surface area (Å²) in [4.78, 5) is 3.94. The normalized spacial score (nSPS) is 11.4. The van der Waals surface area contributed by atoms with Crippen molar-refractivity contribution in [3.63, 3.8) is 0 Å². The predicted molar refractivity (Wildman–Crippen MR) is 59.0 cm³/mol. The van der Waals surface area contributed by atoms with Crippen LogP contribution in [0.4, 0.5) is 24.8 Å². The first-order valence-electron chi connectivity index (χ1n) is 5.15. The van der Waals surface area contributed by atoms with E-state index >= 15 is 0 Å². The third kappa shape index (κ3) is 4.10. The molecule has 0 aliphatic heterocycles. The van der Waals surface area contributed by atoms with Crippen LogP contribution in [0.5, 0.6) is 0 Å². The van der Waals surface area contributed by atoms with Crippen molar-refractivity contribution < 1.29 is 18.3 Å². The summed E-state index contributed by atoms with van der Waals surface area (Å²) in [7, 11) is 0. The molecule has 0 atom stereocenters. The Morgan fingerprint density at radius 3 is 2.29 bits per heavy atom. The lowest BCUT2D eigenvalue weighted by molar-refractivity contribution is -0.137. The second kappa shape index (κ2) is 5.72. The maximum absolute atomic E-state index is 12.6. The smallest absolute Gasteiger partial charge is 0.395 e. The van der Waals surface area contributed by atoms with E-state index in [1.54, 1.807) is 6.92 Å². The molecular formula is C10H14F3N3O. The fraction of sp³-hybridized carbons (Fsp3) is 0.500. The van der Waals surface area contributed by atoms with E-state index in [0.29, 0.717) is 6.54 Å². The Bertz CT molecular complexity index is 368. The van der Waals surface area contributed by atoms with E-state index in [9.17, 15) is 13.2 Å². The number of hydrogen-bond acceptors (Lipinski definition) is 4. The molecule has 0 unspecified atom stereocenters. The van der Waals surface area contributed by atoms with Crippen molar-refractivity contribution in [2.24, 2.45) is 0 Å². The van der Waals surface area contributed by atoms with Crippen LogP contribution in [0.15, 0.2) is 12.1 Å². The zero-order chi connectivity index (χ0) is 12.9. The lowest BCUT2D eigenvalue weighted by Crippen LogP contribution is -2.12. The van der Waals surface area contributed by atoms with Crippen LogP contribution in [0.25, 0.3) is 0 Å². The van der Waals surface area contributed by atoms with E-state index in [1.165, 1.54) is 0 Å². The monoisotopic (exact) mass is 249 g/mol. The summed E-state index contributed by atoms with van der Waals surface area (Å²) in [5.74, 6) is 0.243. The van der Waals surface area contributed by atoms with Crippen LogP contribution in [0, 0.1) is 0 Å². The minimum atomic E-state index is -4.41. The number of alkyl halides is 3. The first-order valence-corrected chi connectivity index (χ1v) is 5.15. The van der Waals surface area contributed by atoms with Crippen molar-refractivity contribution in [1.82, 2.24) is 4.98 Å². The molecule has 1 heterocycles. The average Bonchev–Trinajstić information content (AvgIpc) is 2.25. The number of aromatic nitrogens is 1. The van der Waals surface area contributed by atoms with Gasteiger partial charge in [-0.15, -0.1) is 0 Å². The number of nitrogens with zero attached hydrogens (tertiary/aromatic N) is 1. The van der Waals surface area contributed by atoms with E-state index in [2.05, 4.69) is 15.6 Å². The van der Waals surface area contributed by atoms with Crippen LogP contribution in [-0.2, 0) is 6.18 Å². The topological polar surface area (TPSA) is 57.2 Å². The number of pyridine rings is 1. The molecule has 0 saturated carbocycles. The molecule has 3 N–H and O–H groups in total. The molecule has 0 amide bonds. The lowest BCUT2D eigenvalue weighted by atomic mass is 10.2. The number of hydrogen-bond donors (Lipinski definition) is 3. The first-order chi connectivity index (χ1) is 7.97. The van der Waals surface area contributed by atoms with E-state index in [1.807, 2.05) is 0 Å². The largest absolute Gasteiger partial charge is 0.416 e. The number of aliphatic hydroxyl groups is 1. The van der Waals surface area contributed by atoms with Gasteiger partial charge >= 0.3 is 6.18 Å². The molecule has 0 bridgehead atoms. The average molecular weight is 249 g/mol. The van der Waals surface area contributed by atoms with Crippen LogP contribution in [0.2, 0.25) is 0 Å². The Labute approximate surface area is 96.9 Å². The zero-order valence-electron chi connectivity index (χ0n) is 9.30. The Morgan fingerprint density at radius 1 is 1.24 bits per heavy atom. The Kier molecular flexibility index (Phi) is 4.56. The molecule has 0 fully saturated rings. The minimum absolute atomic E-state index is 0.0878. The van der Waals surface area contributed by atoms with Gasteiger partial charge < -0.3 is 15.7 Å². The number of halogens is 3. The third-order valence-electron chi connectivity index (χ3n) is 1.93. The van der Waals surface area contributed by atoms with Gasteiger partial charge in [0.1, 0.15) is 11.6 Å². The van der Waals surface area contributed by atoms with Gasteiger partial charge in [-0.05, 0) is 19.1 Å². The van der Waals surface area contributed by atoms with E-state index in [-0.39, 0.29) is 24.8 Å². The van der Waals surface area contributed by atoms with Crippen molar-refractivity contribution in [3.8, 4) is 0 Å². The molecule has 1 aromatic rings. The SMILES string of the molecule is CCNc1cc(C(F)(F)F)cc(NCCO)n1. The highest BCUT2D eigenvalue weighted by atomic mass is 19.4. The Morgan fingerprint density at radius 2 is 1.82 bits per heavy atom. The molecule has 0 saturated heterocycles. The van der Waals surface area contributed by atoms with Gasteiger partial charge in [0.2, 0.25) is 0 Å². The molecule has 0 radical (unpaired) electrons.